The second-order valence-electron chi connectivity index (χ2n) is 3.44. The molecule has 1 saturated heterocycles. The predicted octanol–water partition coefficient (Wildman–Crippen LogP) is 1.42. The summed E-state index contributed by atoms with van der Waals surface area (Å²) in [4.78, 5) is 22.2. The third-order valence-corrected chi connectivity index (χ3v) is 2.92. The van der Waals surface area contributed by atoms with E-state index in [9.17, 15) is 14.0 Å². The molecule has 6 heteroatoms. The summed E-state index contributed by atoms with van der Waals surface area (Å²) in [5.74, 6) is -1.12. The molecule has 2 N–H and O–H groups in total. The lowest BCUT2D eigenvalue weighted by Gasteiger charge is -2.12. The summed E-state index contributed by atoms with van der Waals surface area (Å²) in [5.41, 5.74) is 0.454. The van der Waals surface area contributed by atoms with Crippen LogP contribution in [0.1, 0.15) is 6.42 Å². The molecule has 1 unspecified atom stereocenters. The quantitative estimate of drug-likeness (QED) is 0.809. The van der Waals surface area contributed by atoms with Crippen LogP contribution < -0.4 is 10.6 Å². The fourth-order valence-electron chi connectivity index (χ4n) is 1.47. The van der Waals surface area contributed by atoms with E-state index in [1.807, 2.05) is 0 Å². The number of imide groups is 1. The predicted molar refractivity (Wildman–Crippen MR) is 59.3 cm³/mol. The Balaban J connectivity index is 2.18. The van der Waals surface area contributed by atoms with E-state index < -0.39 is 11.9 Å². The van der Waals surface area contributed by atoms with Crippen LogP contribution in [-0.2, 0) is 9.59 Å². The van der Waals surface area contributed by atoms with Gasteiger partial charge in [-0.15, -0.1) is 0 Å². The second-order valence-corrected chi connectivity index (χ2v) is 4.29. The Morgan fingerprint density at radius 1 is 1.44 bits per heavy atom. The van der Waals surface area contributed by atoms with E-state index in [1.54, 1.807) is 0 Å². The molecule has 84 valence electrons. The molecule has 0 aliphatic carbocycles. The molecule has 1 aliphatic heterocycles. The molecule has 0 saturated carbocycles. The fraction of sp³-hybridized carbons (Fsp3) is 0.200. The first-order valence-corrected chi connectivity index (χ1v) is 5.41. The molecule has 2 rings (SSSR count). The molecule has 16 heavy (non-hydrogen) atoms. The zero-order valence-electron chi connectivity index (χ0n) is 8.09. The van der Waals surface area contributed by atoms with Gasteiger partial charge in [0.25, 0.3) is 0 Å². The number of nitrogens with one attached hydrogen (secondary N) is 2. The van der Waals surface area contributed by atoms with E-state index in [4.69, 9.17) is 0 Å². The Bertz CT molecular complexity index is 464. The van der Waals surface area contributed by atoms with E-state index in [-0.39, 0.29) is 18.2 Å². The van der Waals surface area contributed by atoms with Crippen molar-refractivity contribution in [3.63, 3.8) is 0 Å². The molecule has 4 nitrogen and oxygen atoms in total. The molecule has 2 amide bonds. The van der Waals surface area contributed by atoms with Crippen molar-refractivity contribution in [2.24, 2.45) is 0 Å². The highest BCUT2D eigenvalue weighted by Crippen LogP contribution is 2.24. The standard InChI is InChI=1S/C10H8BrFN2O2/c11-6-2-1-5(12)3-7(6)13-8-4-9(15)14-10(8)16/h1-3,8,13H,4H2,(H,14,15,16). The van der Waals surface area contributed by atoms with Crippen molar-refractivity contribution in [1.29, 1.82) is 0 Å². The number of carbonyl (C=O) groups is 2. The maximum atomic E-state index is 13.0. The maximum absolute atomic E-state index is 13.0. The summed E-state index contributed by atoms with van der Waals surface area (Å²) in [5, 5.41) is 4.98. The molecular weight excluding hydrogens is 279 g/mol. The van der Waals surface area contributed by atoms with Crippen LogP contribution in [0.4, 0.5) is 10.1 Å². The molecule has 1 heterocycles. The third kappa shape index (κ3) is 2.21. The van der Waals surface area contributed by atoms with Crippen LogP contribution in [0.5, 0.6) is 0 Å². The Morgan fingerprint density at radius 2 is 2.19 bits per heavy atom. The Hall–Kier alpha value is -1.43. The molecule has 0 aromatic heterocycles. The zero-order valence-corrected chi connectivity index (χ0v) is 9.67. The van der Waals surface area contributed by atoms with E-state index in [0.29, 0.717) is 10.2 Å². The van der Waals surface area contributed by atoms with Gasteiger partial charge in [-0.25, -0.2) is 4.39 Å². The first-order chi connectivity index (χ1) is 7.56. The highest BCUT2D eigenvalue weighted by molar-refractivity contribution is 9.10. The van der Waals surface area contributed by atoms with Crippen molar-refractivity contribution in [3.8, 4) is 0 Å². The topological polar surface area (TPSA) is 58.2 Å². The van der Waals surface area contributed by atoms with Crippen molar-refractivity contribution in [2.75, 3.05) is 5.32 Å². The molecule has 1 aliphatic rings. The van der Waals surface area contributed by atoms with Crippen molar-refractivity contribution in [2.45, 2.75) is 12.5 Å². The number of benzene rings is 1. The summed E-state index contributed by atoms with van der Waals surface area (Å²) in [6.45, 7) is 0. The first-order valence-electron chi connectivity index (χ1n) is 4.61. The van der Waals surface area contributed by atoms with Gasteiger partial charge >= 0.3 is 0 Å². The minimum atomic E-state index is -0.634. The lowest BCUT2D eigenvalue weighted by molar-refractivity contribution is -0.124. The number of halogens is 2. The Labute approximate surface area is 99.3 Å². The molecular formula is C10H8BrFN2O2. The van der Waals surface area contributed by atoms with Gasteiger partial charge in [-0.3, -0.25) is 14.9 Å². The minimum Gasteiger partial charge on any atom is -0.372 e. The van der Waals surface area contributed by atoms with Crippen LogP contribution in [0.25, 0.3) is 0 Å². The van der Waals surface area contributed by atoms with E-state index in [0.717, 1.165) is 0 Å². The van der Waals surface area contributed by atoms with Gasteiger partial charge in [-0.05, 0) is 34.1 Å². The monoisotopic (exact) mass is 286 g/mol. The second kappa shape index (κ2) is 4.21. The largest absolute Gasteiger partial charge is 0.372 e. The Kier molecular flexibility index (Phi) is 2.91. The summed E-state index contributed by atoms with van der Waals surface area (Å²) in [7, 11) is 0. The van der Waals surface area contributed by atoms with Crippen LogP contribution in [0.15, 0.2) is 22.7 Å². The van der Waals surface area contributed by atoms with Crippen LogP contribution in [0, 0.1) is 5.82 Å². The average molecular weight is 287 g/mol. The fourth-order valence-corrected chi connectivity index (χ4v) is 1.83. The van der Waals surface area contributed by atoms with Gasteiger partial charge < -0.3 is 5.32 Å². The van der Waals surface area contributed by atoms with Gasteiger partial charge in [0.1, 0.15) is 11.9 Å². The summed E-state index contributed by atoms with van der Waals surface area (Å²) in [6, 6.07) is 3.47. The lowest BCUT2D eigenvalue weighted by atomic mass is 10.2. The highest BCUT2D eigenvalue weighted by atomic mass is 79.9. The van der Waals surface area contributed by atoms with E-state index in [1.165, 1.54) is 18.2 Å². The van der Waals surface area contributed by atoms with Crippen molar-refractivity contribution in [3.05, 3.63) is 28.5 Å². The molecule has 0 radical (unpaired) electrons. The average Bonchev–Trinajstić information content (AvgIpc) is 2.51. The normalized spacial score (nSPS) is 19.8. The molecule has 0 spiro atoms. The van der Waals surface area contributed by atoms with Gasteiger partial charge in [0, 0.05) is 4.47 Å². The number of carbonyl (C=O) groups excluding carboxylic acids is 2. The molecule has 0 bridgehead atoms. The summed E-state index contributed by atoms with van der Waals surface area (Å²) >= 11 is 3.23. The molecule has 1 atom stereocenters. The van der Waals surface area contributed by atoms with Gasteiger partial charge in [-0.1, -0.05) is 0 Å². The summed E-state index contributed by atoms with van der Waals surface area (Å²) < 4.78 is 13.6. The smallest absolute Gasteiger partial charge is 0.249 e. The summed E-state index contributed by atoms with van der Waals surface area (Å²) in [6.07, 6.45) is 0.0712. The molecule has 1 aromatic rings. The SMILES string of the molecule is O=C1CC(Nc2cc(F)ccc2Br)C(=O)N1. The van der Waals surface area contributed by atoms with Gasteiger partial charge in [0.15, 0.2) is 0 Å². The number of hydrogen-bond donors (Lipinski definition) is 2. The van der Waals surface area contributed by atoms with Crippen molar-refractivity contribution >= 4 is 33.4 Å². The highest BCUT2D eigenvalue weighted by Gasteiger charge is 2.30. The van der Waals surface area contributed by atoms with Crippen LogP contribution in [0.3, 0.4) is 0 Å². The van der Waals surface area contributed by atoms with Gasteiger partial charge in [-0.2, -0.15) is 0 Å². The zero-order chi connectivity index (χ0) is 11.7. The van der Waals surface area contributed by atoms with Crippen LogP contribution >= 0.6 is 15.9 Å². The molecule has 1 aromatic carbocycles. The van der Waals surface area contributed by atoms with Crippen LogP contribution in [0.2, 0.25) is 0 Å². The van der Waals surface area contributed by atoms with E-state index >= 15 is 0 Å². The van der Waals surface area contributed by atoms with E-state index in [2.05, 4.69) is 26.6 Å². The third-order valence-electron chi connectivity index (χ3n) is 2.23. The van der Waals surface area contributed by atoms with Gasteiger partial charge in [0.05, 0.1) is 12.1 Å². The number of rotatable bonds is 2. The lowest BCUT2D eigenvalue weighted by Crippen LogP contribution is -2.30. The van der Waals surface area contributed by atoms with Gasteiger partial charge in [0.2, 0.25) is 11.8 Å². The minimum absolute atomic E-state index is 0.0712. The van der Waals surface area contributed by atoms with Crippen LogP contribution in [-0.4, -0.2) is 17.9 Å². The number of hydrogen-bond acceptors (Lipinski definition) is 3. The first kappa shape index (κ1) is 11.1. The maximum Gasteiger partial charge on any atom is 0.249 e. The van der Waals surface area contributed by atoms with Crippen molar-refractivity contribution in [1.82, 2.24) is 5.32 Å². The number of amides is 2. The molecule has 1 fully saturated rings. The van der Waals surface area contributed by atoms with Crippen molar-refractivity contribution < 1.29 is 14.0 Å². The Morgan fingerprint density at radius 3 is 2.81 bits per heavy atom. The number of anilines is 1.